The maximum atomic E-state index is 14.1. The zero-order chi connectivity index (χ0) is 23.2. The highest BCUT2D eigenvalue weighted by Gasteiger charge is 2.50. The molecule has 3 aliphatic rings. The van der Waals surface area contributed by atoms with E-state index >= 15 is 0 Å². The van der Waals surface area contributed by atoms with Gasteiger partial charge in [0.15, 0.2) is 0 Å². The highest BCUT2D eigenvalue weighted by Crippen LogP contribution is 2.60. The minimum atomic E-state index is -1.39. The molecule has 0 radical (unpaired) electrons. The van der Waals surface area contributed by atoms with Gasteiger partial charge in [-0.25, -0.2) is 14.2 Å². The Morgan fingerprint density at radius 3 is 2.24 bits per heavy atom. The third-order valence-corrected chi connectivity index (χ3v) is 9.02. The van der Waals surface area contributed by atoms with Gasteiger partial charge >= 0.3 is 0 Å². The first-order valence-electron chi connectivity index (χ1n) is 11.1. The van der Waals surface area contributed by atoms with E-state index in [0.717, 1.165) is 38.5 Å². The van der Waals surface area contributed by atoms with Gasteiger partial charge in [0.2, 0.25) is 11.9 Å². The van der Waals surface area contributed by atoms with E-state index < -0.39 is 28.1 Å². The van der Waals surface area contributed by atoms with Gasteiger partial charge in [-0.2, -0.15) is 8.78 Å². The van der Waals surface area contributed by atoms with Crippen molar-refractivity contribution < 1.29 is 13.0 Å². The molecule has 0 saturated carbocycles. The number of halogens is 2. The monoisotopic (exact) mass is 462 g/mol. The predicted octanol–water partition coefficient (Wildman–Crippen LogP) is 6.39. The zero-order valence-corrected chi connectivity index (χ0v) is 19.3. The molecule has 0 fully saturated rings. The standard InChI is InChI=1S/C27H24F2N2OS/c1-17(19-9-12-30-24(28)15-19)27(18(2)20-10-13-31-25(29)16-20)11-5-7-22-14-21-6-3-4-8-23(21)33(32)26(22)27/h3-5,7-10,12-18H,6,11H2,1-2H3. The fourth-order valence-corrected chi connectivity index (χ4v) is 7.39. The Bertz CT molecular complexity index is 1250. The normalized spacial score (nSPS) is 25.6. The number of aromatic nitrogens is 2. The number of allylic oxidation sites excluding steroid dienone is 9. The van der Waals surface area contributed by atoms with Crippen LogP contribution in [-0.2, 0) is 10.8 Å². The minimum Gasteiger partial charge on any atom is -0.249 e. The summed E-state index contributed by atoms with van der Waals surface area (Å²) < 4.78 is 42.4. The Balaban J connectivity index is 1.76. The molecule has 2 aliphatic carbocycles. The van der Waals surface area contributed by atoms with Crippen LogP contribution in [0.5, 0.6) is 0 Å². The smallest absolute Gasteiger partial charge is 0.213 e. The summed E-state index contributed by atoms with van der Waals surface area (Å²) in [7, 11) is -1.39. The van der Waals surface area contributed by atoms with Crippen molar-refractivity contribution in [2.24, 2.45) is 5.41 Å². The fraction of sp³-hybridized carbons (Fsp3) is 0.259. The predicted molar refractivity (Wildman–Crippen MR) is 127 cm³/mol. The van der Waals surface area contributed by atoms with Crippen LogP contribution in [0.1, 0.15) is 49.7 Å². The van der Waals surface area contributed by atoms with Crippen molar-refractivity contribution >= 4 is 10.8 Å². The molecule has 0 N–H and O–H groups in total. The van der Waals surface area contributed by atoms with Crippen LogP contribution in [-0.4, -0.2) is 14.2 Å². The average molecular weight is 463 g/mol. The number of pyridine rings is 2. The Kier molecular flexibility index (Phi) is 5.57. The summed E-state index contributed by atoms with van der Waals surface area (Å²) in [5.41, 5.74) is 2.87. The summed E-state index contributed by atoms with van der Waals surface area (Å²) in [6, 6.07) is 6.51. The number of rotatable bonds is 4. The van der Waals surface area contributed by atoms with E-state index in [9.17, 15) is 13.0 Å². The van der Waals surface area contributed by atoms with Crippen molar-refractivity contribution in [1.29, 1.82) is 0 Å². The van der Waals surface area contributed by atoms with Crippen molar-refractivity contribution in [3.8, 4) is 0 Å². The van der Waals surface area contributed by atoms with Gasteiger partial charge in [0.1, 0.15) is 0 Å². The first kappa shape index (κ1) is 21.8. The van der Waals surface area contributed by atoms with Crippen LogP contribution in [0.4, 0.5) is 8.78 Å². The van der Waals surface area contributed by atoms with E-state index in [-0.39, 0.29) is 11.8 Å². The van der Waals surface area contributed by atoms with Crippen LogP contribution in [0.15, 0.2) is 94.1 Å². The molecule has 3 heterocycles. The summed E-state index contributed by atoms with van der Waals surface area (Å²) in [4.78, 5) is 9.08. The summed E-state index contributed by atoms with van der Waals surface area (Å²) in [6.45, 7) is 4.08. The number of fused-ring (bicyclic) bond motifs is 1. The molecule has 0 aromatic carbocycles. The van der Waals surface area contributed by atoms with Crippen molar-refractivity contribution in [2.75, 3.05) is 0 Å². The quantitative estimate of drug-likeness (QED) is 0.494. The SMILES string of the molecule is CC(c1ccnc(F)c1)C1(C(C)c2ccnc(F)c2)CC=CC2=C1S(=O)C1=CC=CCC1=C2. The van der Waals surface area contributed by atoms with E-state index in [4.69, 9.17) is 0 Å². The highest BCUT2D eigenvalue weighted by atomic mass is 32.2. The lowest BCUT2D eigenvalue weighted by Gasteiger charge is -2.48. The maximum Gasteiger partial charge on any atom is 0.213 e. The van der Waals surface area contributed by atoms with E-state index in [1.165, 1.54) is 24.5 Å². The van der Waals surface area contributed by atoms with Crippen LogP contribution in [0.25, 0.3) is 0 Å². The average Bonchev–Trinajstić information content (AvgIpc) is 2.83. The van der Waals surface area contributed by atoms with Crippen molar-refractivity contribution in [1.82, 2.24) is 9.97 Å². The lowest BCUT2D eigenvalue weighted by molar-refractivity contribution is 0.252. The Hall–Kier alpha value is -2.99. The molecule has 33 heavy (non-hydrogen) atoms. The summed E-state index contributed by atoms with van der Waals surface area (Å²) in [6.07, 6.45) is 16.4. The van der Waals surface area contributed by atoms with E-state index in [1.807, 2.05) is 44.2 Å². The van der Waals surface area contributed by atoms with E-state index in [2.05, 4.69) is 28.2 Å². The van der Waals surface area contributed by atoms with Crippen LogP contribution in [0, 0.1) is 17.3 Å². The lowest BCUT2D eigenvalue weighted by Crippen LogP contribution is -2.39. The summed E-state index contributed by atoms with van der Waals surface area (Å²) in [5.74, 6) is -1.53. The van der Waals surface area contributed by atoms with E-state index in [0.29, 0.717) is 6.42 Å². The molecule has 2 aromatic rings. The van der Waals surface area contributed by atoms with Crippen molar-refractivity contribution in [3.05, 3.63) is 117 Å². The highest BCUT2D eigenvalue weighted by molar-refractivity contribution is 7.93. The minimum absolute atomic E-state index is 0.213. The molecule has 0 saturated heterocycles. The molecule has 6 heteroatoms. The van der Waals surface area contributed by atoms with Crippen LogP contribution >= 0.6 is 0 Å². The van der Waals surface area contributed by atoms with Crippen molar-refractivity contribution in [3.63, 3.8) is 0 Å². The second-order valence-corrected chi connectivity index (χ2v) is 10.2. The summed E-state index contributed by atoms with van der Waals surface area (Å²) in [5, 5.41) is 0. The zero-order valence-electron chi connectivity index (χ0n) is 18.5. The molecule has 5 rings (SSSR count). The molecule has 1 aliphatic heterocycles. The first-order chi connectivity index (χ1) is 15.9. The Morgan fingerprint density at radius 2 is 1.64 bits per heavy atom. The van der Waals surface area contributed by atoms with Gasteiger partial charge in [0.05, 0.1) is 10.8 Å². The lowest BCUT2D eigenvalue weighted by atomic mass is 9.59. The molecule has 168 valence electrons. The molecule has 3 unspecified atom stereocenters. The van der Waals surface area contributed by atoms with Crippen LogP contribution in [0.2, 0.25) is 0 Å². The topological polar surface area (TPSA) is 42.9 Å². The van der Waals surface area contributed by atoms with Crippen molar-refractivity contribution in [2.45, 2.75) is 38.5 Å². The molecule has 0 bridgehead atoms. The van der Waals surface area contributed by atoms with E-state index in [1.54, 1.807) is 0 Å². The van der Waals surface area contributed by atoms with Gasteiger partial charge in [-0.15, -0.1) is 0 Å². The first-order valence-corrected chi connectivity index (χ1v) is 12.2. The third kappa shape index (κ3) is 3.57. The van der Waals surface area contributed by atoms with Gasteiger partial charge < -0.3 is 0 Å². The molecular formula is C27H24F2N2OS. The molecular weight excluding hydrogens is 438 g/mol. The molecule has 0 amide bonds. The molecule has 3 atom stereocenters. The van der Waals surface area contributed by atoms with Crippen LogP contribution in [0.3, 0.4) is 0 Å². The van der Waals surface area contributed by atoms with Gasteiger partial charge in [0.25, 0.3) is 0 Å². The fourth-order valence-electron chi connectivity index (χ4n) is 5.47. The molecule has 0 spiro atoms. The molecule has 2 aromatic heterocycles. The number of hydrogen-bond donors (Lipinski definition) is 0. The van der Waals surface area contributed by atoms with Gasteiger partial charge in [-0.1, -0.05) is 38.2 Å². The second kappa shape index (κ2) is 8.41. The second-order valence-electron chi connectivity index (χ2n) is 8.80. The summed E-state index contributed by atoms with van der Waals surface area (Å²) >= 11 is 0. The van der Waals surface area contributed by atoms with Gasteiger partial charge in [0, 0.05) is 27.6 Å². The largest absolute Gasteiger partial charge is 0.249 e. The Morgan fingerprint density at radius 1 is 1.00 bits per heavy atom. The van der Waals surface area contributed by atoms with Crippen LogP contribution < -0.4 is 0 Å². The van der Waals surface area contributed by atoms with Gasteiger partial charge in [-0.05, 0) is 83.4 Å². The van der Waals surface area contributed by atoms with Gasteiger partial charge in [-0.3, -0.25) is 0 Å². The molecule has 3 nitrogen and oxygen atoms in total. The third-order valence-electron chi connectivity index (χ3n) is 7.24. The number of nitrogens with zero attached hydrogens (tertiary/aromatic N) is 2. The Labute approximate surface area is 194 Å². The maximum absolute atomic E-state index is 14.1. The number of hydrogen-bond acceptors (Lipinski definition) is 3.